The summed E-state index contributed by atoms with van der Waals surface area (Å²) in [6.07, 6.45) is 3.64. The molecule has 20 heavy (non-hydrogen) atoms. The van der Waals surface area contributed by atoms with Crippen LogP contribution in [0, 0.1) is 16.0 Å². The normalized spacial score (nSPS) is 15.0. The molecule has 1 aliphatic carbocycles. The molecule has 0 atom stereocenters. The van der Waals surface area contributed by atoms with Crippen molar-refractivity contribution in [2.75, 3.05) is 6.61 Å². The van der Waals surface area contributed by atoms with Crippen molar-refractivity contribution in [1.82, 2.24) is 0 Å². The smallest absolute Gasteiger partial charge is 0.309 e. The molecular formula is C14H15NO5. The lowest BCUT2D eigenvalue weighted by molar-refractivity contribution is -0.384. The second kappa shape index (κ2) is 6.27. The predicted molar refractivity (Wildman–Crippen MR) is 70.3 cm³/mol. The van der Waals surface area contributed by atoms with E-state index in [9.17, 15) is 19.7 Å². The number of nitro benzene ring substituents is 1. The van der Waals surface area contributed by atoms with E-state index >= 15 is 0 Å². The van der Waals surface area contributed by atoms with Gasteiger partial charge in [0.05, 0.1) is 10.8 Å². The molecule has 1 fully saturated rings. The van der Waals surface area contributed by atoms with E-state index in [0.29, 0.717) is 0 Å². The van der Waals surface area contributed by atoms with Gasteiger partial charge >= 0.3 is 5.97 Å². The van der Waals surface area contributed by atoms with Gasteiger partial charge in [-0.25, -0.2) is 0 Å². The van der Waals surface area contributed by atoms with Crippen molar-refractivity contribution in [3.8, 4) is 0 Å². The number of benzene rings is 1. The summed E-state index contributed by atoms with van der Waals surface area (Å²) in [6, 6.07) is 5.40. The molecule has 0 amide bonds. The van der Waals surface area contributed by atoms with Crippen LogP contribution < -0.4 is 0 Å². The van der Waals surface area contributed by atoms with E-state index in [0.717, 1.165) is 25.7 Å². The first-order valence-corrected chi connectivity index (χ1v) is 6.52. The summed E-state index contributed by atoms with van der Waals surface area (Å²) >= 11 is 0. The zero-order valence-corrected chi connectivity index (χ0v) is 10.9. The van der Waals surface area contributed by atoms with Crippen LogP contribution in [0.5, 0.6) is 0 Å². The summed E-state index contributed by atoms with van der Waals surface area (Å²) in [6.45, 7) is -0.365. The van der Waals surface area contributed by atoms with Gasteiger partial charge < -0.3 is 4.74 Å². The number of non-ortho nitro benzene ring substituents is 1. The summed E-state index contributed by atoms with van der Waals surface area (Å²) in [5, 5.41) is 10.6. The number of carbonyl (C=O) groups is 2. The number of ketones is 1. The lowest BCUT2D eigenvalue weighted by Gasteiger charge is -2.08. The average molecular weight is 277 g/mol. The quantitative estimate of drug-likeness (QED) is 0.357. The van der Waals surface area contributed by atoms with Gasteiger partial charge in [0.1, 0.15) is 0 Å². The van der Waals surface area contributed by atoms with Crippen LogP contribution in [0.4, 0.5) is 5.69 Å². The number of nitrogens with zero attached hydrogens (tertiary/aromatic N) is 1. The SMILES string of the molecule is O=C(COC(=O)C1CCCC1)c1cccc([N+](=O)[O-])c1. The molecule has 0 bridgehead atoms. The molecule has 106 valence electrons. The van der Waals surface area contributed by atoms with E-state index in [1.54, 1.807) is 0 Å². The summed E-state index contributed by atoms with van der Waals surface area (Å²) < 4.78 is 4.98. The molecule has 0 aromatic heterocycles. The Bertz CT molecular complexity index is 534. The molecule has 0 spiro atoms. The summed E-state index contributed by atoms with van der Waals surface area (Å²) in [5.74, 6) is -0.880. The summed E-state index contributed by atoms with van der Waals surface area (Å²) in [5.41, 5.74) is 0.0244. The number of hydrogen-bond donors (Lipinski definition) is 0. The minimum atomic E-state index is -0.568. The van der Waals surface area contributed by atoms with Crippen molar-refractivity contribution in [1.29, 1.82) is 0 Å². The van der Waals surface area contributed by atoms with Crippen LogP contribution >= 0.6 is 0 Å². The number of esters is 1. The van der Waals surface area contributed by atoms with Gasteiger partial charge in [-0.05, 0) is 12.8 Å². The second-order valence-corrected chi connectivity index (χ2v) is 4.82. The van der Waals surface area contributed by atoms with Crippen molar-refractivity contribution < 1.29 is 19.2 Å². The second-order valence-electron chi connectivity index (χ2n) is 4.82. The predicted octanol–water partition coefficient (Wildman–Crippen LogP) is 2.51. The molecule has 1 aromatic carbocycles. The number of hydrogen-bond acceptors (Lipinski definition) is 5. The van der Waals surface area contributed by atoms with Gasteiger partial charge in [0.15, 0.2) is 6.61 Å². The van der Waals surface area contributed by atoms with E-state index in [4.69, 9.17) is 4.74 Å². The molecule has 0 heterocycles. The lowest BCUT2D eigenvalue weighted by atomic mass is 10.1. The first-order valence-electron chi connectivity index (χ1n) is 6.52. The molecule has 0 N–H and O–H groups in total. The van der Waals surface area contributed by atoms with Gasteiger partial charge in [-0.2, -0.15) is 0 Å². The fraction of sp³-hybridized carbons (Fsp3) is 0.429. The Hall–Kier alpha value is -2.24. The van der Waals surface area contributed by atoms with Crippen LogP contribution in [0.2, 0.25) is 0 Å². The van der Waals surface area contributed by atoms with Crippen LogP contribution in [0.1, 0.15) is 36.0 Å². The van der Waals surface area contributed by atoms with Crippen molar-refractivity contribution in [3.05, 3.63) is 39.9 Å². The van der Waals surface area contributed by atoms with Gasteiger partial charge in [-0.15, -0.1) is 0 Å². The lowest BCUT2D eigenvalue weighted by Crippen LogP contribution is -2.19. The zero-order valence-electron chi connectivity index (χ0n) is 10.9. The fourth-order valence-corrected chi connectivity index (χ4v) is 2.29. The Labute approximate surface area is 115 Å². The average Bonchev–Trinajstić information content (AvgIpc) is 2.98. The Balaban J connectivity index is 1.92. The molecule has 1 aliphatic rings. The highest BCUT2D eigenvalue weighted by Crippen LogP contribution is 2.25. The fourth-order valence-electron chi connectivity index (χ4n) is 2.29. The van der Waals surface area contributed by atoms with Gasteiger partial charge in [-0.1, -0.05) is 25.0 Å². The van der Waals surface area contributed by atoms with E-state index in [2.05, 4.69) is 0 Å². The van der Waals surface area contributed by atoms with Crippen molar-refractivity contribution in [3.63, 3.8) is 0 Å². The third-order valence-electron chi connectivity index (χ3n) is 3.41. The third-order valence-corrected chi connectivity index (χ3v) is 3.41. The van der Waals surface area contributed by atoms with Gasteiger partial charge in [-0.3, -0.25) is 19.7 Å². The number of ether oxygens (including phenoxy) is 1. The molecule has 1 aromatic rings. The van der Waals surface area contributed by atoms with Crippen molar-refractivity contribution in [2.24, 2.45) is 5.92 Å². The molecular weight excluding hydrogens is 262 g/mol. The molecule has 1 saturated carbocycles. The van der Waals surface area contributed by atoms with Gasteiger partial charge in [0, 0.05) is 17.7 Å². The Morgan fingerprint density at radius 1 is 1.30 bits per heavy atom. The van der Waals surface area contributed by atoms with Crippen molar-refractivity contribution in [2.45, 2.75) is 25.7 Å². The highest BCUT2D eigenvalue weighted by atomic mass is 16.6. The van der Waals surface area contributed by atoms with E-state index in [1.165, 1.54) is 24.3 Å². The summed E-state index contributed by atoms with van der Waals surface area (Å²) in [7, 11) is 0. The Kier molecular flexibility index (Phi) is 4.45. The maximum absolute atomic E-state index is 11.8. The Morgan fingerprint density at radius 2 is 2.00 bits per heavy atom. The zero-order chi connectivity index (χ0) is 14.5. The number of rotatable bonds is 5. The van der Waals surface area contributed by atoms with Gasteiger partial charge in [0.25, 0.3) is 5.69 Å². The maximum atomic E-state index is 11.8. The van der Waals surface area contributed by atoms with E-state index in [1.807, 2.05) is 0 Å². The van der Waals surface area contributed by atoms with Crippen LogP contribution in [0.25, 0.3) is 0 Å². The van der Waals surface area contributed by atoms with Crippen LogP contribution in [-0.2, 0) is 9.53 Å². The van der Waals surface area contributed by atoms with Crippen LogP contribution in [0.3, 0.4) is 0 Å². The third kappa shape index (κ3) is 3.40. The molecule has 6 nitrogen and oxygen atoms in total. The molecule has 6 heteroatoms. The standard InChI is InChI=1S/C14H15NO5/c16-13(9-20-14(17)10-4-1-2-5-10)11-6-3-7-12(8-11)15(18)19/h3,6-8,10H,1-2,4-5,9H2. The largest absolute Gasteiger partial charge is 0.457 e. The molecule has 0 unspecified atom stereocenters. The molecule has 0 radical (unpaired) electrons. The van der Waals surface area contributed by atoms with E-state index in [-0.39, 0.29) is 29.7 Å². The highest BCUT2D eigenvalue weighted by Gasteiger charge is 2.24. The van der Waals surface area contributed by atoms with E-state index < -0.39 is 10.7 Å². The first kappa shape index (κ1) is 14.2. The van der Waals surface area contributed by atoms with Crippen LogP contribution in [0.15, 0.2) is 24.3 Å². The number of Topliss-reactive ketones (excluding diaryl/α,β-unsaturated/α-hetero) is 1. The summed E-state index contributed by atoms with van der Waals surface area (Å²) in [4.78, 5) is 33.6. The number of carbonyl (C=O) groups excluding carboxylic acids is 2. The van der Waals surface area contributed by atoms with Gasteiger partial charge in [0.2, 0.25) is 5.78 Å². The minimum Gasteiger partial charge on any atom is -0.457 e. The monoisotopic (exact) mass is 277 g/mol. The topological polar surface area (TPSA) is 86.5 Å². The highest BCUT2D eigenvalue weighted by molar-refractivity contribution is 5.98. The minimum absolute atomic E-state index is 0.104. The van der Waals surface area contributed by atoms with Crippen LogP contribution in [-0.4, -0.2) is 23.3 Å². The van der Waals surface area contributed by atoms with Crippen molar-refractivity contribution >= 4 is 17.4 Å². The molecule has 0 saturated heterocycles. The maximum Gasteiger partial charge on any atom is 0.309 e. The first-order chi connectivity index (χ1) is 9.58. The Morgan fingerprint density at radius 3 is 2.65 bits per heavy atom. The molecule has 0 aliphatic heterocycles. The molecule has 2 rings (SSSR count). The number of nitro groups is 1.